The molecular weight excluding hydrogens is 424 g/mol. The number of hydrogen-bond acceptors (Lipinski definition) is 4. The molecule has 0 saturated carbocycles. The van der Waals surface area contributed by atoms with Crippen LogP contribution in [0, 0.1) is 0 Å². The van der Waals surface area contributed by atoms with Gasteiger partial charge in [-0.2, -0.15) is 0 Å². The molecule has 154 valence electrons. The number of anilines is 1. The number of benzene rings is 3. The smallest absolute Gasteiger partial charge is 0.265 e. The summed E-state index contributed by atoms with van der Waals surface area (Å²) in [6, 6.07) is 19.3. The zero-order valence-electron chi connectivity index (χ0n) is 16.3. The van der Waals surface area contributed by atoms with Crippen LogP contribution in [-0.4, -0.2) is 27.6 Å². The highest BCUT2D eigenvalue weighted by molar-refractivity contribution is 7.92. The predicted octanol–water partition coefficient (Wildman–Crippen LogP) is 5.31. The van der Waals surface area contributed by atoms with Gasteiger partial charge in [-0.3, -0.25) is 4.72 Å². The molecule has 0 spiro atoms. The minimum atomic E-state index is -3.87. The first-order valence-corrected chi connectivity index (χ1v) is 10.9. The average Bonchev–Trinajstić information content (AvgIpc) is 3.16. The fourth-order valence-electron chi connectivity index (χ4n) is 3.18. The van der Waals surface area contributed by atoms with E-state index >= 15 is 0 Å². The zero-order chi connectivity index (χ0) is 21.3. The van der Waals surface area contributed by atoms with Crippen molar-refractivity contribution in [3.63, 3.8) is 0 Å². The number of methoxy groups -OCH3 is 2. The van der Waals surface area contributed by atoms with Crippen LogP contribution in [0.2, 0.25) is 5.02 Å². The summed E-state index contributed by atoms with van der Waals surface area (Å²) >= 11 is 6.05. The number of aromatic nitrogens is 1. The van der Waals surface area contributed by atoms with Gasteiger partial charge in [0.05, 0.1) is 14.2 Å². The fourth-order valence-corrected chi connectivity index (χ4v) is 4.61. The minimum absolute atomic E-state index is 0.000854. The molecule has 1 heterocycles. The van der Waals surface area contributed by atoms with Gasteiger partial charge in [0.15, 0.2) is 0 Å². The predicted molar refractivity (Wildman–Crippen MR) is 119 cm³/mol. The lowest BCUT2D eigenvalue weighted by molar-refractivity contribution is 0.392. The molecule has 0 fully saturated rings. The topological polar surface area (TPSA) is 80.4 Å². The molecule has 0 aliphatic carbocycles. The van der Waals surface area contributed by atoms with Gasteiger partial charge in [0, 0.05) is 33.4 Å². The largest absolute Gasteiger partial charge is 0.497 e. The van der Waals surface area contributed by atoms with Crippen LogP contribution in [-0.2, 0) is 10.0 Å². The summed E-state index contributed by atoms with van der Waals surface area (Å²) in [5.74, 6) is 0.655. The van der Waals surface area contributed by atoms with Crippen LogP contribution in [0.15, 0.2) is 71.6 Å². The first-order valence-electron chi connectivity index (χ1n) is 9.03. The molecule has 2 N–H and O–H groups in total. The lowest BCUT2D eigenvalue weighted by Gasteiger charge is -2.13. The third kappa shape index (κ3) is 3.94. The maximum atomic E-state index is 12.9. The molecule has 1 aromatic heterocycles. The van der Waals surface area contributed by atoms with E-state index in [1.807, 2.05) is 36.4 Å². The van der Waals surface area contributed by atoms with Crippen LogP contribution in [0.5, 0.6) is 11.5 Å². The van der Waals surface area contributed by atoms with Gasteiger partial charge in [0.25, 0.3) is 10.0 Å². The van der Waals surface area contributed by atoms with E-state index in [1.165, 1.54) is 20.3 Å². The molecule has 4 aromatic rings. The maximum Gasteiger partial charge on any atom is 0.265 e. The Bertz CT molecular complexity index is 1310. The second-order valence-electron chi connectivity index (χ2n) is 6.61. The summed E-state index contributed by atoms with van der Waals surface area (Å²) in [4.78, 5) is 3.33. The number of fused-ring (bicyclic) bond motifs is 1. The Balaban J connectivity index is 1.61. The summed E-state index contributed by atoms with van der Waals surface area (Å²) < 4.78 is 38.7. The van der Waals surface area contributed by atoms with Crippen molar-refractivity contribution in [3.05, 3.63) is 71.8 Å². The van der Waals surface area contributed by atoms with Crippen molar-refractivity contribution in [2.24, 2.45) is 0 Å². The Morgan fingerprint density at radius 1 is 0.900 bits per heavy atom. The number of aromatic amines is 1. The highest BCUT2D eigenvalue weighted by Crippen LogP contribution is 2.31. The molecule has 0 amide bonds. The van der Waals surface area contributed by atoms with Crippen LogP contribution in [0.3, 0.4) is 0 Å². The quantitative estimate of drug-likeness (QED) is 0.424. The second kappa shape index (κ2) is 7.93. The van der Waals surface area contributed by atoms with E-state index in [1.54, 1.807) is 24.3 Å². The number of ether oxygens (including phenoxy) is 2. The number of rotatable bonds is 6. The van der Waals surface area contributed by atoms with Gasteiger partial charge in [-0.1, -0.05) is 23.7 Å². The van der Waals surface area contributed by atoms with Gasteiger partial charge in [-0.05, 0) is 54.1 Å². The summed E-state index contributed by atoms with van der Waals surface area (Å²) in [6.45, 7) is 0. The molecule has 0 radical (unpaired) electrons. The molecule has 8 heteroatoms. The number of H-pyrrole nitrogens is 1. The Morgan fingerprint density at radius 3 is 2.37 bits per heavy atom. The van der Waals surface area contributed by atoms with Gasteiger partial charge in [-0.25, -0.2) is 8.42 Å². The third-order valence-electron chi connectivity index (χ3n) is 4.69. The van der Waals surface area contributed by atoms with Gasteiger partial charge in [0.1, 0.15) is 16.4 Å². The molecule has 0 unspecified atom stereocenters. The Morgan fingerprint density at radius 2 is 1.67 bits per heavy atom. The minimum Gasteiger partial charge on any atom is -0.497 e. The molecule has 4 rings (SSSR count). The van der Waals surface area contributed by atoms with E-state index in [0.29, 0.717) is 16.5 Å². The molecule has 0 saturated heterocycles. The zero-order valence-corrected chi connectivity index (χ0v) is 17.8. The first kappa shape index (κ1) is 20.1. The molecule has 0 atom stereocenters. The van der Waals surface area contributed by atoms with E-state index < -0.39 is 10.0 Å². The number of nitrogens with one attached hydrogen (secondary N) is 2. The van der Waals surface area contributed by atoms with Crippen LogP contribution in [0.1, 0.15) is 0 Å². The molecule has 0 bridgehead atoms. The fraction of sp³-hybridized carbons (Fsp3) is 0.0909. The average molecular weight is 443 g/mol. The van der Waals surface area contributed by atoms with E-state index in [2.05, 4.69) is 9.71 Å². The number of hydrogen-bond donors (Lipinski definition) is 2. The van der Waals surface area contributed by atoms with Gasteiger partial charge in [-0.15, -0.1) is 0 Å². The summed E-state index contributed by atoms with van der Waals surface area (Å²) in [5.41, 5.74) is 3.24. The second-order valence-corrected chi connectivity index (χ2v) is 8.70. The van der Waals surface area contributed by atoms with Crippen LogP contribution < -0.4 is 14.2 Å². The Kier molecular flexibility index (Phi) is 5.32. The number of sulfonamides is 1. The van der Waals surface area contributed by atoms with Gasteiger partial charge < -0.3 is 14.5 Å². The van der Waals surface area contributed by atoms with Crippen molar-refractivity contribution in [2.45, 2.75) is 4.90 Å². The van der Waals surface area contributed by atoms with Crippen molar-refractivity contribution >= 4 is 38.2 Å². The highest BCUT2D eigenvalue weighted by atomic mass is 35.5. The molecule has 0 aliphatic rings. The van der Waals surface area contributed by atoms with Gasteiger partial charge in [0.2, 0.25) is 0 Å². The van der Waals surface area contributed by atoms with Gasteiger partial charge >= 0.3 is 0 Å². The van der Waals surface area contributed by atoms with E-state index in [4.69, 9.17) is 21.1 Å². The molecular formula is C22H19ClN2O4S. The van der Waals surface area contributed by atoms with Crippen LogP contribution in [0.4, 0.5) is 5.69 Å². The lowest BCUT2D eigenvalue weighted by Crippen LogP contribution is -2.14. The lowest BCUT2D eigenvalue weighted by atomic mass is 10.1. The standard InChI is InChI=1S/C22H19ClN2O4S/c1-28-18-8-10-21(29-2)22(13-18)30(26,27)25-17-6-3-14(4-7-17)20-12-15-11-16(23)5-9-19(15)24-20/h3-13,24-25H,1-2H3. The molecule has 3 aromatic carbocycles. The molecule has 30 heavy (non-hydrogen) atoms. The monoisotopic (exact) mass is 442 g/mol. The van der Waals surface area contributed by atoms with Crippen molar-refractivity contribution < 1.29 is 17.9 Å². The van der Waals surface area contributed by atoms with Crippen molar-refractivity contribution in [2.75, 3.05) is 18.9 Å². The van der Waals surface area contributed by atoms with Crippen molar-refractivity contribution in [1.29, 1.82) is 0 Å². The van der Waals surface area contributed by atoms with Crippen LogP contribution in [0.25, 0.3) is 22.2 Å². The summed E-state index contributed by atoms with van der Waals surface area (Å²) in [5, 5.41) is 1.68. The molecule has 6 nitrogen and oxygen atoms in total. The summed E-state index contributed by atoms with van der Waals surface area (Å²) in [6.07, 6.45) is 0. The normalized spacial score (nSPS) is 11.4. The maximum absolute atomic E-state index is 12.9. The number of halogens is 1. The first-order chi connectivity index (χ1) is 14.4. The Hall–Kier alpha value is -3.16. The molecule has 0 aliphatic heterocycles. The SMILES string of the molecule is COc1ccc(OC)c(S(=O)(=O)Nc2ccc(-c3cc4cc(Cl)ccc4[nH]3)cc2)c1. The van der Waals surface area contributed by atoms with Crippen LogP contribution >= 0.6 is 11.6 Å². The van der Waals surface area contributed by atoms with Crippen molar-refractivity contribution in [1.82, 2.24) is 4.98 Å². The van der Waals surface area contributed by atoms with E-state index in [0.717, 1.165) is 22.2 Å². The Labute approximate surface area is 179 Å². The van der Waals surface area contributed by atoms with E-state index in [-0.39, 0.29) is 10.6 Å². The summed E-state index contributed by atoms with van der Waals surface area (Å²) in [7, 11) is -0.975. The van der Waals surface area contributed by atoms with Crippen molar-refractivity contribution in [3.8, 4) is 22.8 Å². The highest BCUT2D eigenvalue weighted by Gasteiger charge is 2.21. The van der Waals surface area contributed by atoms with E-state index in [9.17, 15) is 8.42 Å². The third-order valence-corrected chi connectivity index (χ3v) is 6.33.